The van der Waals surface area contributed by atoms with Gasteiger partial charge in [0.15, 0.2) is 0 Å². The largest absolute Gasteiger partial charge is 0.426 e. The normalized spacial score (nSPS) is 27.7. The molecule has 2 aromatic rings. The van der Waals surface area contributed by atoms with Gasteiger partial charge in [-0.15, -0.1) is 10.2 Å². The zero-order valence-corrected chi connectivity index (χ0v) is 13.8. The Morgan fingerprint density at radius 3 is 2.74 bits per heavy atom. The summed E-state index contributed by atoms with van der Waals surface area (Å²) in [6.07, 6.45) is 1.12. The van der Waals surface area contributed by atoms with E-state index in [0.29, 0.717) is 23.8 Å². The molecule has 2 fully saturated rings. The van der Waals surface area contributed by atoms with Gasteiger partial charge in [0.25, 0.3) is 0 Å². The highest BCUT2D eigenvalue weighted by molar-refractivity contribution is 5.21. The summed E-state index contributed by atoms with van der Waals surface area (Å²) in [5.74, 6) is 3.25. The Balaban J connectivity index is 1.41. The Kier molecular flexibility index (Phi) is 3.69. The quantitative estimate of drug-likeness (QED) is 0.848. The molecular weight excluding hydrogens is 296 g/mol. The topological polar surface area (TPSA) is 77.4 Å². The number of aryl methyl sites for hydroxylation is 3. The van der Waals surface area contributed by atoms with Crippen LogP contribution in [0.2, 0.25) is 0 Å². The molecule has 4 rings (SSSR count). The van der Waals surface area contributed by atoms with Crippen LogP contribution in [0.3, 0.4) is 0 Å². The number of ether oxygens (including phenoxy) is 1. The van der Waals surface area contributed by atoms with Crippen molar-refractivity contribution in [1.29, 1.82) is 0 Å². The van der Waals surface area contributed by atoms with Gasteiger partial charge in [0, 0.05) is 44.5 Å². The third kappa shape index (κ3) is 2.79. The van der Waals surface area contributed by atoms with E-state index in [0.717, 1.165) is 50.0 Å². The molecule has 2 aliphatic heterocycles. The molecule has 7 heteroatoms. The summed E-state index contributed by atoms with van der Waals surface area (Å²) in [4.78, 5) is 2.44. The zero-order chi connectivity index (χ0) is 16.0. The van der Waals surface area contributed by atoms with Crippen LogP contribution in [0, 0.1) is 32.6 Å². The molecule has 0 spiro atoms. The van der Waals surface area contributed by atoms with Crippen LogP contribution < -0.4 is 0 Å². The summed E-state index contributed by atoms with van der Waals surface area (Å²) in [5.41, 5.74) is 2.19. The van der Waals surface area contributed by atoms with Gasteiger partial charge in [-0.1, -0.05) is 5.16 Å². The van der Waals surface area contributed by atoms with E-state index < -0.39 is 0 Å². The van der Waals surface area contributed by atoms with Gasteiger partial charge in [-0.2, -0.15) is 0 Å². The predicted octanol–water partition coefficient (Wildman–Crippen LogP) is 1.67. The van der Waals surface area contributed by atoms with E-state index in [-0.39, 0.29) is 0 Å². The number of nitrogens with zero attached hydrogens (tertiary/aromatic N) is 4. The SMILES string of the molecule is Cc1nnc(C[C@H]2CO[C@H]3CN(Cc4c(C)noc4C)C[C@@H]23)o1. The Labute approximate surface area is 135 Å². The number of likely N-dealkylation sites (tertiary alicyclic amines) is 1. The van der Waals surface area contributed by atoms with Crippen LogP contribution in [0.4, 0.5) is 0 Å². The minimum Gasteiger partial charge on any atom is -0.426 e. The third-order valence-electron chi connectivity index (χ3n) is 5.08. The molecule has 0 bridgehead atoms. The summed E-state index contributed by atoms with van der Waals surface area (Å²) in [6.45, 7) is 9.47. The van der Waals surface area contributed by atoms with Gasteiger partial charge in [-0.05, 0) is 19.8 Å². The van der Waals surface area contributed by atoms with Gasteiger partial charge in [0.2, 0.25) is 11.8 Å². The highest BCUT2D eigenvalue weighted by Gasteiger charge is 2.44. The summed E-state index contributed by atoms with van der Waals surface area (Å²) in [7, 11) is 0. The Morgan fingerprint density at radius 1 is 1.17 bits per heavy atom. The fourth-order valence-electron chi connectivity index (χ4n) is 3.81. The van der Waals surface area contributed by atoms with Crippen molar-refractivity contribution in [3.63, 3.8) is 0 Å². The van der Waals surface area contributed by atoms with Crippen LogP contribution in [-0.4, -0.2) is 46.1 Å². The Bertz CT molecular complexity index is 676. The van der Waals surface area contributed by atoms with Gasteiger partial charge < -0.3 is 13.7 Å². The minimum atomic E-state index is 0.310. The average Bonchev–Trinajstić information content (AvgIpc) is 3.24. The number of hydrogen-bond donors (Lipinski definition) is 0. The lowest BCUT2D eigenvalue weighted by Gasteiger charge is -2.18. The van der Waals surface area contributed by atoms with E-state index in [9.17, 15) is 0 Å². The van der Waals surface area contributed by atoms with Crippen LogP contribution >= 0.6 is 0 Å². The van der Waals surface area contributed by atoms with Crippen molar-refractivity contribution in [1.82, 2.24) is 20.3 Å². The lowest BCUT2D eigenvalue weighted by molar-refractivity contribution is 0.0935. The number of aromatic nitrogens is 3. The molecule has 0 aliphatic carbocycles. The number of fused-ring (bicyclic) bond motifs is 1. The average molecular weight is 318 g/mol. The third-order valence-corrected chi connectivity index (χ3v) is 5.08. The van der Waals surface area contributed by atoms with E-state index >= 15 is 0 Å². The molecule has 23 heavy (non-hydrogen) atoms. The predicted molar refractivity (Wildman–Crippen MR) is 80.7 cm³/mol. The van der Waals surface area contributed by atoms with Gasteiger partial charge >= 0.3 is 0 Å². The van der Waals surface area contributed by atoms with Crippen molar-refractivity contribution in [3.05, 3.63) is 28.8 Å². The lowest BCUT2D eigenvalue weighted by atomic mass is 9.90. The second kappa shape index (κ2) is 5.72. The van der Waals surface area contributed by atoms with E-state index in [2.05, 4.69) is 20.3 Å². The number of hydrogen-bond acceptors (Lipinski definition) is 7. The first-order valence-electron chi connectivity index (χ1n) is 8.15. The first kappa shape index (κ1) is 14.8. The Morgan fingerprint density at radius 2 is 2.04 bits per heavy atom. The minimum absolute atomic E-state index is 0.310. The van der Waals surface area contributed by atoms with Crippen LogP contribution in [-0.2, 0) is 17.7 Å². The second-order valence-corrected chi connectivity index (χ2v) is 6.71. The highest BCUT2D eigenvalue weighted by atomic mass is 16.5. The Hall–Kier alpha value is -1.73. The van der Waals surface area contributed by atoms with E-state index in [4.69, 9.17) is 13.7 Å². The summed E-state index contributed by atoms with van der Waals surface area (Å²) >= 11 is 0. The summed E-state index contributed by atoms with van der Waals surface area (Å²) in [6, 6.07) is 0. The van der Waals surface area contributed by atoms with Gasteiger partial charge in [0.1, 0.15) is 5.76 Å². The number of rotatable bonds is 4. The van der Waals surface area contributed by atoms with Crippen molar-refractivity contribution >= 4 is 0 Å². The molecule has 2 aromatic heterocycles. The standard InChI is InChI=1S/C16H22N4O3/c1-9-13(10(2)23-19-9)5-20-6-14-12(8-21-15(14)7-20)4-16-18-17-11(3)22-16/h12,14-15H,4-8H2,1-3H3/t12-,14-,15-/m0/s1. The molecule has 4 heterocycles. The van der Waals surface area contributed by atoms with Crippen molar-refractivity contribution in [2.24, 2.45) is 11.8 Å². The summed E-state index contributed by atoms with van der Waals surface area (Å²) < 4.78 is 16.8. The van der Waals surface area contributed by atoms with Crippen LogP contribution in [0.25, 0.3) is 0 Å². The molecule has 0 radical (unpaired) electrons. The molecule has 2 aliphatic rings. The first-order chi connectivity index (χ1) is 11.1. The molecule has 0 saturated carbocycles. The zero-order valence-electron chi connectivity index (χ0n) is 13.8. The van der Waals surface area contributed by atoms with Gasteiger partial charge in [-0.3, -0.25) is 4.90 Å². The molecule has 0 N–H and O–H groups in total. The highest BCUT2D eigenvalue weighted by Crippen LogP contribution is 2.36. The van der Waals surface area contributed by atoms with Crippen molar-refractivity contribution in [3.8, 4) is 0 Å². The summed E-state index contributed by atoms with van der Waals surface area (Å²) in [5, 5.41) is 12.1. The maximum Gasteiger partial charge on any atom is 0.216 e. The first-order valence-corrected chi connectivity index (χ1v) is 8.15. The maximum absolute atomic E-state index is 6.01. The molecule has 3 atom stereocenters. The van der Waals surface area contributed by atoms with E-state index in [1.165, 1.54) is 5.56 Å². The van der Waals surface area contributed by atoms with Crippen LogP contribution in [0.5, 0.6) is 0 Å². The molecule has 0 amide bonds. The monoisotopic (exact) mass is 318 g/mol. The van der Waals surface area contributed by atoms with Crippen molar-refractivity contribution < 1.29 is 13.7 Å². The van der Waals surface area contributed by atoms with E-state index in [1.807, 2.05) is 20.8 Å². The van der Waals surface area contributed by atoms with Crippen LogP contribution in [0.1, 0.15) is 28.8 Å². The molecule has 7 nitrogen and oxygen atoms in total. The molecule has 124 valence electrons. The molecule has 0 unspecified atom stereocenters. The molecule has 0 aromatic carbocycles. The molecule has 2 saturated heterocycles. The van der Waals surface area contributed by atoms with Crippen molar-refractivity contribution in [2.45, 2.75) is 39.8 Å². The van der Waals surface area contributed by atoms with Crippen molar-refractivity contribution in [2.75, 3.05) is 19.7 Å². The smallest absolute Gasteiger partial charge is 0.216 e. The van der Waals surface area contributed by atoms with Gasteiger partial charge in [-0.25, -0.2) is 0 Å². The van der Waals surface area contributed by atoms with E-state index in [1.54, 1.807) is 0 Å². The van der Waals surface area contributed by atoms with Gasteiger partial charge in [0.05, 0.1) is 18.4 Å². The second-order valence-electron chi connectivity index (χ2n) is 6.71. The fraction of sp³-hybridized carbons (Fsp3) is 0.688. The fourth-order valence-corrected chi connectivity index (χ4v) is 3.81. The molecular formula is C16H22N4O3. The van der Waals surface area contributed by atoms with Crippen LogP contribution in [0.15, 0.2) is 8.94 Å². The lowest BCUT2D eigenvalue weighted by Crippen LogP contribution is -2.25. The maximum atomic E-state index is 6.01.